The zero-order chi connectivity index (χ0) is 16.9. The van der Waals surface area contributed by atoms with Crippen molar-refractivity contribution in [2.75, 3.05) is 5.32 Å². The van der Waals surface area contributed by atoms with Crippen molar-refractivity contribution in [3.05, 3.63) is 40.9 Å². The Hall–Kier alpha value is -1.75. The zero-order valence-electron chi connectivity index (χ0n) is 14.3. The van der Waals surface area contributed by atoms with Crippen LogP contribution in [0, 0.1) is 17.8 Å². The number of carbonyl (C=O) groups is 1. The number of nitrogens with one attached hydrogen (secondary N) is 1. The van der Waals surface area contributed by atoms with Crippen molar-refractivity contribution < 1.29 is 4.79 Å². The molecule has 2 aromatic rings. The lowest BCUT2D eigenvalue weighted by Gasteiger charge is -2.55. The Morgan fingerprint density at radius 2 is 1.68 bits per heavy atom. The second-order valence-corrected chi connectivity index (χ2v) is 9.30. The Bertz CT molecular complexity index is 750. The molecule has 4 saturated carbocycles. The van der Waals surface area contributed by atoms with Gasteiger partial charge in [-0.2, -0.15) is 0 Å². The molecule has 0 spiro atoms. The summed E-state index contributed by atoms with van der Waals surface area (Å²) in [5.74, 6) is 2.67. The summed E-state index contributed by atoms with van der Waals surface area (Å²) in [5.41, 5.74) is 1.28. The Morgan fingerprint density at radius 1 is 1.04 bits per heavy atom. The number of hydrogen-bond acceptors (Lipinski definition) is 4. The van der Waals surface area contributed by atoms with Gasteiger partial charge in [-0.1, -0.05) is 41.7 Å². The molecular formula is C20H23N3OS. The van der Waals surface area contributed by atoms with E-state index < -0.39 is 0 Å². The molecule has 4 nitrogen and oxygen atoms in total. The first-order valence-electron chi connectivity index (χ1n) is 9.36. The van der Waals surface area contributed by atoms with E-state index in [1.165, 1.54) is 43.5 Å². The van der Waals surface area contributed by atoms with Crippen LogP contribution in [0.4, 0.5) is 5.13 Å². The molecule has 5 heteroatoms. The Morgan fingerprint density at radius 3 is 2.32 bits per heavy atom. The van der Waals surface area contributed by atoms with Crippen LogP contribution in [0.3, 0.4) is 0 Å². The summed E-state index contributed by atoms with van der Waals surface area (Å²) in [7, 11) is 0. The molecule has 0 atom stereocenters. The maximum absolute atomic E-state index is 12.3. The Labute approximate surface area is 152 Å². The summed E-state index contributed by atoms with van der Waals surface area (Å²) in [5, 5.41) is 13.6. The Balaban J connectivity index is 1.30. The smallest absolute Gasteiger partial charge is 0.230 e. The largest absolute Gasteiger partial charge is 0.300 e. The summed E-state index contributed by atoms with van der Waals surface area (Å²) in [4.78, 5) is 12.3. The highest BCUT2D eigenvalue weighted by Crippen LogP contribution is 2.61. The number of rotatable bonds is 4. The highest BCUT2D eigenvalue weighted by atomic mass is 32.1. The number of hydrogen-bond donors (Lipinski definition) is 1. The number of benzene rings is 1. The van der Waals surface area contributed by atoms with Gasteiger partial charge >= 0.3 is 0 Å². The monoisotopic (exact) mass is 353 g/mol. The van der Waals surface area contributed by atoms with E-state index in [1.807, 2.05) is 30.3 Å². The first kappa shape index (κ1) is 15.5. The normalized spacial score (nSPS) is 32.7. The molecule has 0 radical (unpaired) electrons. The highest BCUT2D eigenvalue weighted by Gasteiger charge is 2.53. The van der Waals surface area contributed by atoms with Gasteiger partial charge in [0.2, 0.25) is 11.0 Å². The molecule has 4 fully saturated rings. The predicted molar refractivity (Wildman–Crippen MR) is 98.5 cm³/mol. The first-order chi connectivity index (χ1) is 12.2. The van der Waals surface area contributed by atoms with Gasteiger partial charge in [0.05, 0.1) is 6.42 Å². The lowest BCUT2D eigenvalue weighted by molar-refractivity contribution is -0.115. The van der Waals surface area contributed by atoms with Crippen LogP contribution in [0.15, 0.2) is 30.3 Å². The van der Waals surface area contributed by atoms with Gasteiger partial charge in [0.25, 0.3) is 0 Å². The summed E-state index contributed by atoms with van der Waals surface area (Å²) in [6.07, 6.45) is 8.52. The maximum atomic E-state index is 12.3. The molecule has 0 unspecified atom stereocenters. The minimum absolute atomic E-state index is 0.0144. The molecule has 4 aliphatic carbocycles. The van der Waals surface area contributed by atoms with Gasteiger partial charge in [-0.15, -0.1) is 10.2 Å². The fourth-order valence-corrected chi connectivity index (χ4v) is 6.78. The molecule has 0 aliphatic heterocycles. The number of nitrogens with zero attached hydrogens (tertiary/aromatic N) is 2. The average molecular weight is 353 g/mol. The molecule has 0 saturated heterocycles. The Kier molecular flexibility index (Phi) is 3.66. The van der Waals surface area contributed by atoms with Gasteiger partial charge in [0.1, 0.15) is 5.01 Å². The van der Waals surface area contributed by atoms with E-state index in [0.717, 1.165) is 23.3 Å². The summed E-state index contributed by atoms with van der Waals surface area (Å²) in [6.45, 7) is 0. The van der Waals surface area contributed by atoms with E-state index in [0.29, 0.717) is 11.6 Å². The van der Waals surface area contributed by atoms with Crippen LogP contribution in [0.5, 0.6) is 0 Å². The lowest BCUT2D eigenvalue weighted by Crippen LogP contribution is -2.48. The number of anilines is 1. The van der Waals surface area contributed by atoms with Crippen molar-refractivity contribution >= 4 is 22.4 Å². The third-order valence-electron chi connectivity index (χ3n) is 6.37. The molecule has 4 bridgehead atoms. The van der Waals surface area contributed by atoms with Gasteiger partial charge in [0.15, 0.2) is 0 Å². The second-order valence-electron chi connectivity index (χ2n) is 8.32. The van der Waals surface area contributed by atoms with E-state index in [-0.39, 0.29) is 11.3 Å². The van der Waals surface area contributed by atoms with Crippen molar-refractivity contribution in [1.82, 2.24) is 10.2 Å². The van der Waals surface area contributed by atoms with Crippen LogP contribution in [0.1, 0.15) is 49.1 Å². The number of aromatic nitrogens is 2. The minimum atomic E-state index is -0.0144. The highest BCUT2D eigenvalue weighted by molar-refractivity contribution is 7.15. The standard InChI is InChI=1S/C20H23N3OS/c24-17(9-13-4-2-1-3-5-13)21-19-23-22-18(25-19)20-10-14-6-15(11-20)8-16(7-14)12-20/h1-5,14-16H,6-12H2,(H,21,23,24). The van der Waals surface area contributed by atoms with Crippen molar-refractivity contribution in [1.29, 1.82) is 0 Å². The van der Waals surface area contributed by atoms with E-state index >= 15 is 0 Å². The van der Waals surface area contributed by atoms with Crippen LogP contribution >= 0.6 is 11.3 Å². The zero-order valence-corrected chi connectivity index (χ0v) is 15.1. The van der Waals surface area contributed by atoms with E-state index in [9.17, 15) is 4.79 Å². The molecule has 6 rings (SSSR count). The van der Waals surface area contributed by atoms with Gasteiger partial charge in [-0.3, -0.25) is 4.79 Å². The second kappa shape index (κ2) is 5.90. The van der Waals surface area contributed by atoms with Crippen molar-refractivity contribution in [3.63, 3.8) is 0 Å². The van der Waals surface area contributed by atoms with Gasteiger partial charge in [-0.05, 0) is 61.8 Å². The summed E-state index contributed by atoms with van der Waals surface area (Å²) >= 11 is 1.61. The number of amides is 1. The van der Waals surface area contributed by atoms with E-state index in [4.69, 9.17) is 0 Å². The predicted octanol–water partition coefficient (Wildman–Crippen LogP) is 4.19. The van der Waals surface area contributed by atoms with Gasteiger partial charge in [-0.25, -0.2) is 0 Å². The third-order valence-corrected chi connectivity index (χ3v) is 7.46. The number of carbonyl (C=O) groups excluding carboxylic acids is 1. The first-order valence-corrected chi connectivity index (χ1v) is 10.2. The van der Waals surface area contributed by atoms with E-state index in [2.05, 4.69) is 15.5 Å². The maximum Gasteiger partial charge on any atom is 0.230 e. The van der Waals surface area contributed by atoms with Gasteiger partial charge in [0, 0.05) is 5.41 Å². The third kappa shape index (κ3) is 2.88. The van der Waals surface area contributed by atoms with Crippen LogP contribution in [0.25, 0.3) is 0 Å². The molecule has 1 aromatic carbocycles. The average Bonchev–Trinajstić information content (AvgIpc) is 3.04. The minimum Gasteiger partial charge on any atom is -0.300 e. The molecule has 4 aliphatic rings. The quantitative estimate of drug-likeness (QED) is 0.897. The topological polar surface area (TPSA) is 54.9 Å². The van der Waals surface area contributed by atoms with Gasteiger partial charge < -0.3 is 5.32 Å². The fourth-order valence-electron chi connectivity index (χ4n) is 5.81. The van der Waals surface area contributed by atoms with Crippen molar-refractivity contribution in [3.8, 4) is 0 Å². The molecule has 1 N–H and O–H groups in total. The van der Waals surface area contributed by atoms with Crippen LogP contribution in [0.2, 0.25) is 0 Å². The SMILES string of the molecule is O=C(Cc1ccccc1)Nc1nnc(C23CC4CC(CC(C4)C2)C3)s1. The van der Waals surface area contributed by atoms with Crippen molar-refractivity contribution in [2.24, 2.45) is 17.8 Å². The molecule has 130 valence electrons. The molecule has 1 heterocycles. The van der Waals surface area contributed by atoms with Crippen LogP contribution in [-0.4, -0.2) is 16.1 Å². The van der Waals surface area contributed by atoms with Crippen LogP contribution < -0.4 is 5.32 Å². The fraction of sp³-hybridized carbons (Fsp3) is 0.550. The van der Waals surface area contributed by atoms with Crippen LogP contribution in [-0.2, 0) is 16.6 Å². The van der Waals surface area contributed by atoms with Crippen molar-refractivity contribution in [2.45, 2.75) is 50.4 Å². The lowest BCUT2D eigenvalue weighted by atomic mass is 9.50. The summed E-state index contributed by atoms with van der Waals surface area (Å²) in [6, 6.07) is 9.82. The molecule has 1 amide bonds. The van der Waals surface area contributed by atoms with E-state index in [1.54, 1.807) is 11.3 Å². The molecule has 25 heavy (non-hydrogen) atoms. The summed E-state index contributed by atoms with van der Waals surface area (Å²) < 4.78 is 0. The molecule has 1 aromatic heterocycles. The molecular weight excluding hydrogens is 330 g/mol.